The molecule has 118 valence electrons. The molecule has 6 nitrogen and oxygen atoms in total. The fourth-order valence-electron chi connectivity index (χ4n) is 2.92. The lowest BCUT2D eigenvalue weighted by Gasteiger charge is -2.25. The SMILES string of the molecule is Cc1cc(N(C)C)nc2c1NC(=O)c1cccnc1N2C1CC1. The van der Waals surface area contributed by atoms with Crippen molar-refractivity contribution in [3.63, 3.8) is 0 Å². The number of aryl methyl sites for hydroxylation is 1. The second-order valence-corrected chi connectivity index (χ2v) is 6.32. The Morgan fingerprint density at radius 2 is 2.09 bits per heavy atom. The van der Waals surface area contributed by atoms with Gasteiger partial charge in [0.25, 0.3) is 5.91 Å². The van der Waals surface area contributed by atoms with Crippen LogP contribution < -0.4 is 15.1 Å². The van der Waals surface area contributed by atoms with Crippen LogP contribution in [0.4, 0.5) is 23.1 Å². The van der Waals surface area contributed by atoms with E-state index in [4.69, 9.17) is 4.98 Å². The number of amides is 1. The van der Waals surface area contributed by atoms with Gasteiger partial charge in [-0.25, -0.2) is 9.97 Å². The lowest BCUT2D eigenvalue weighted by atomic mass is 10.2. The van der Waals surface area contributed by atoms with E-state index in [0.29, 0.717) is 17.4 Å². The van der Waals surface area contributed by atoms with Gasteiger partial charge in [-0.3, -0.25) is 4.79 Å². The molecule has 2 aromatic rings. The van der Waals surface area contributed by atoms with Crippen molar-refractivity contribution in [3.05, 3.63) is 35.5 Å². The Bertz CT molecular complexity index is 798. The fourth-order valence-corrected chi connectivity index (χ4v) is 2.92. The number of carbonyl (C=O) groups is 1. The molecule has 0 aromatic carbocycles. The van der Waals surface area contributed by atoms with Crippen molar-refractivity contribution in [2.24, 2.45) is 0 Å². The Hall–Kier alpha value is -2.63. The number of pyridine rings is 2. The zero-order valence-electron chi connectivity index (χ0n) is 13.5. The summed E-state index contributed by atoms with van der Waals surface area (Å²) >= 11 is 0. The van der Waals surface area contributed by atoms with E-state index in [0.717, 1.165) is 35.7 Å². The summed E-state index contributed by atoms with van der Waals surface area (Å²) in [5, 5.41) is 3.02. The summed E-state index contributed by atoms with van der Waals surface area (Å²) in [6, 6.07) is 5.97. The summed E-state index contributed by atoms with van der Waals surface area (Å²) in [5.74, 6) is 2.25. The minimum atomic E-state index is -0.125. The maximum Gasteiger partial charge on any atom is 0.259 e. The number of hydrogen-bond donors (Lipinski definition) is 1. The first kappa shape index (κ1) is 14.0. The van der Waals surface area contributed by atoms with Crippen molar-refractivity contribution in [2.75, 3.05) is 29.2 Å². The number of hydrogen-bond acceptors (Lipinski definition) is 5. The summed E-state index contributed by atoms with van der Waals surface area (Å²) in [6.07, 6.45) is 3.92. The van der Waals surface area contributed by atoms with E-state index in [1.54, 1.807) is 12.3 Å². The van der Waals surface area contributed by atoms with E-state index < -0.39 is 0 Å². The van der Waals surface area contributed by atoms with E-state index >= 15 is 0 Å². The molecule has 1 aliphatic carbocycles. The van der Waals surface area contributed by atoms with Gasteiger partial charge in [0, 0.05) is 26.3 Å². The van der Waals surface area contributed by atoms with Crippen LogP contribution in [0.25, 0.3) is 0 Å². The Morgan fingerprint density at radius 3 is 2.78 bits per heavy atom. The van der Waals surface area contributed by atoms with Crippen LogP contribution >= 0.6 is 0 Å². The molecule has 1 aliphatic heterocycles. The molecule has 1 saturated carbocycles. The van der Waals surface area contributed by atoms with Crippen LogP contribution in [0.2, 0.25) is 0 Å². The standard InChI is InChI=1S/C17H19N5O/c1-10-9-13(21(2)3)19-16-14(10)20-17(23)12-5-4-8-18-15(12)22(16)11-6-7-11/h4-5,8-9,11H,6-7H2,1-3H3,(H,20,23). The number of carbonyl (C=O) groups excluding carboxylic acids is 1. The highest BCUT2D eigenvalue weighted by Crippen LogP contribution is 2.44. The molecule has 0 saturated heterocycles. The van der Waals surface area contributed by atoms with Crippen LogP contribution in [0.15, 0.2) is 24.4 Å². The molecule has 3 heterocycles. The number of anilines is 4. The van der Waals surface area contributed by atoms with Crippen LogP contribution in [0.3, 0.4) is 0 Å². The van der Waals surface area contributed by atoms with Gasteiger partial charge in [0.1, 0.15) is 11.6 Å². The van der Waals surface area contributed by atoms with E-state index in [1.165, 1.54) is 0 Å². The molecular weight excluding hydrogens is 290 g/mol. The van der Waals surface area contributed by atoms with Gasteiger partial charge >= 0.3 is 0 Å². The predicted octanol–water partition coefficient (Wildman–Crippen LogP) is 2.72. The Labute approximate surface area is 135 Å². The van der Waals surface area contributed by atoms with E-state index in [-0.39, 0.29) is 5.91 Å². The first-order chi connectivity index (χ1) is 11.1. The highest BCUT2D eigenvalue weighted by Gasteiger charge is 2.38. The van der Waals surface area contributed by atoms with Crippen molar-refractivity contribution in [1.29, 1.82) is 0 Å². The largest absolute Gasteiger partial charge is 0.363 e. The molecule has 0 bridgehead atoms. The van der Waals surface area contributed by atoms with Gasteiger partial charge in [-0.1, -0.05) is 0 Å². The van der Waals surface area contributed by atoms with Crippen LogP contribution in [-0.2, 0) is 0 Å². The molecule has 2 aromatic heterocycles. The maximum atomic E-state index is 12.6. The molecule has 23 heavy (non-hydrogen) atoms. The summed E-state index contributed by atoms with van der Waals surface area (Å²) in [5.41, 5.74) is 2.39. The third kappa shape index (κ3) is 2.21. The zero-order chi connectivity index (χ0) is 16.1. The minimum Gasteiger partial charge on any atom is -0.363 e. The van der Waals surface area contributed by atoms with Crippen LogP contribution in [0.1, 0.15) is 28.8 Å². The van der Waals surface area contributed by atoms with Crippen LogP contribution in [-0.4, -0.2) is 36.0 Å². The number of rotatable bonds is 2. The third-order valence-electron chi connectivity index (χ3n) is 4.28. The van der Waals surface area contributed by atoms with Crippen molar-refractivity contribution in [3.8, 4) is 0 Å². The van der Waals surface area contributed by atoms with Gasteiger partial charge in [-0.05, 0) is 43.5 Å². The van der Waals surface area contributed by atoms with Gasteiger partial charge in [0.05, 0.1) is 11.3 Å². The molecule has 0 radical (unpaired) electrons. The van der Waals surface area contributed by atoms with Crippen molar-refractivity contribution >= 4 is 29.0 Å². The summed E-state index contributed by atoms with van der Waals surface area (Å²) in [6.45, 7) is 2.00. The minimum absolute atomic E-state index is 0.125. The van der Waals surface area contributed by atoms with Gasteiger partial charge in [-0.2, -0.15) is 0 Å². The number of nitrogens with one attached hydrogen (secondary N) is 1. The molecule has 4 rings (SSSR count). The average Bonchev–Trinajstić information content (AvgIpc) is 3.35. The third-order valence-corrected chi connectivity index (χ3v) is 4.28. The van der Waals surface area contributed by atoms with Gasteiger partial charge in [0.2, 0.25) is 0 Å². The van der Waals surface area contributed by atoms with Crippen molar-refractivity contribution < 1.29 is 4.79 Å². The monoisotopic (exact) mass is 309 g/mol. The predicted molar refractivity (Wildman–Crippen MR) is 90.7 cm³/mol. The second-order valence-electron chi connectivity index (χ2n) is 6.32. The van der Waals surface area contributed by atoms with E-state index in [1.807, 2.05) is 38.1 Å². The summed E-state index contributed by atoms with van der Waals surface area (Å²) in [7, 11) is 3.94. The first-order valence-corrected chi connectivity index (χ1v) is 7.81. The fraction of sp³-hybridized carbons (Fsp3) is 0.353. The second kappa shape index (κ2) is 4.94. The quantitative estimate of drug-likeness (QED) is 0.924. The van der Waals surface area contributed by atoms with Crippen LogP contribution in [0, 0.1) is 6.92 Å². The highest BCUT2D eigenvalue weighted by atomic mass is 16.1. The van der Waals surface area contributed by atoms with E-state index in [2.05, 4.69) is 15.2 Å². The zero-order valence-corrected chi connectivity index (χ0v) is 13.5. The Kier molecular flexibility index (Phi) is 3.01. The maximum absolute atomic E-state index is 12.6. The summed E-state index contributed by atoms with van der Waals surface area (Å²) in [4.78, 5) is 26.0. The Morgan fingerprint density at radius 1 is 1.30 bits per heavy atom. The molecule has 2 aliphatic rings. The van der Waals surface area contributed by atoms with Crippen molar-refractivity contribution in [2.45, 2.75) is 25.8 Å². The molecule has 1 fully saturated rings. The molecule has 1 N–H and O–H groups in total. The van der Waals surface area contributed by atoms with Crippen molar-refractivity contribution in [1.82, 2.24) is 9.97 Å². The highest BCUT2D eigenvalue weighted by molar-refractivity contribution is 6.12. The molecular formula is C17H19N5O. The molecule has 0 atom stereocenters. The topological polar surface area (TPSA) is 61.4 Å². The lowest BCUT2D eigenvalue weighted by Crippen LogP contribution is -2.23. The molecule has 0 spiro atoms. The van der Waals surface area contributed by atoms with Crippen LogP contribution in [0.5, 0.6) is 0 Å². The number of aromatic nitrogens is 2. The average molecular weight is 309 g/mol. The summed E-state index contributed by atoms with van der Waals surface area (Å²) < 4.78 is 0. The molecule has 0 unspecified atom stereocenters. The van der Waals surface area contributed by atoms with Gasteiger partial charge in [-0.15, -0.1) is 0 Å². The number of fused-ring (bicyclic) bond motifs is 2. The molecule has 6 heteroatoms. The smallest absolute Gasteiger partial charge is 0.259 e. The van der Waals surface area contributed by atoms with Gasteiger partial charge < -0.3 is 15.1 Å². The normalized spacial score (nSPS) is 16.3. The Balaban J connectivity index is 1.99. The first-order valence-electron chi connectivity index (χ1n) is 7.81. The van der Waals surface area contributed by atoms with Gasteiger partial charge in [0.15, 0.2) is 5.82 Å². The van der Waals surface area contributed by atoms with E-state index in [9.17, 15) is 4.79 Å². The molecule has 1 amide bonds. The number of nitrogens with zero attached hydrogens (tertiary/aromatic N) is 4. The lowest BCUT2D eigenvalue weighted by molar-refractivity contribution is 0.102.